The number of carbonyl (C=O) groups is 1. The highest BCUT2D eigenvalue weighted by molar-refractivity contribution is 7.17. The molecule has 0 spiro atoms. The lowest BCUT2D eigenvalue weighted by Crippen LogP contribution is -2.22. The first kappa shape index (κ1) is 19.9. The number of fused-ring (bicyclic) bond motifs is 1. The second kappa shape index (κ2) is 7.98. The lowest BCUT2D eigenvalue weighted by atomic mass is 10.1. The number of nitrogens with zero attached hydrogens (tertiary/aromatic N) is 5. The summed E-state index contributed by atoms with van der Waals surface area (Å²) in [7, 11) is 0. The Labute approximate surface area is 192 Å². The Bertz CT molecular complexity index is 1410. The Morgan fingerprint density at radius 2 is 2.12 bits per heavy atom. The van der Waals surface area contributed by atoms with Crippen LogP contribution in [0.25, 0.3) is 10.5 Å². The van der Waals surface area contributed by atoms with E-state index in [4.69, 9.17) is 4.42 Å². The van der Waals surface area contributed by atoms with Crippen molar-refractivity contribution in [3.8, 4) is 5.69 Å². The van der Waals surface area contributed by atoms with Gasteiger partial charge in [-0.25, -0.2) is 9.67 Å². The number of nitrogens with one attached hydrogen (secondary N) is 1. The molecule has 4 heterocycles. The largest absolute Gasteiger partial charge is 0.467 e. The Kier molecular flexibility index (Phi) is 4.81. The van der Waals surface area contributed by atoms with Gasteiger partial charge in [-0.3, -0.25) is 9.20 Å². The van der Waals surface area contributed by atoms with Crippen LogP contribution in [0.5, 0.6) is 0 Å². The standard InChI is InChI=1S/C23H20N6O3S/c30-21(20-22(14-3-4-14)33-19-11-24-13-28(19)20)18-12-29(27-26-18)16-7-5-15(6-8-16)23(31)25-10-17-2-1-9-32-17/h1-2,5-9,11-14,21,30H,3-4,10H2,(H,25,31). The molecule has 9 nitrogen and oxygen atoms in total. The van der Waals surface area contributed by atoms with Crippen molar-refractivity contribution in [1.29, 1.82) is 0 Å². The minimum atomic E-state index is -0.899. The van der Waals surface area contributed by atoms with Gasteiger partial charge >= 0.3 is 0 Å². The Hall–Kier alpha value is -3.76. The number of thiazole rings is 1. The van der Waals surface area contributed by atoms with Crippen molar-refractivity contribution >= 4 is 22.1 Å². The second-order valence-electron chi connectivity index (χ2n) is 8.03. The molecule has 1 saturated carbocycles. The molecule has 1 unspecified atom stereocenters. The number of amides is 1. The van der Waals surface area contributed by atoms with Crippen LogP contribution in [0.4, 0.5) is 0 Å². The topological polar surface area (TPSA) is 110 Å². The van der Waals surface area contributed by atoms with E-state index in [0.29, 0.717) is 29.5 Å². The third-order valence-corrected chi connectivity index (χ3v) is 7.00. The van der Waals surface area contributed by atoms with E-state index >= 15 is 0 Å². The van der Waals surface area contributed by atoms with Gasteiger partial charge in [0.25, 0.3) is 5.91 Å². The van der Waals surface area contributed by atoms with Crippen molar-refractivity contribution < 1.29 is 14.3 Å². The number of hydrogen-bond donors (Lipinski definition) is 2. The molecule has 166 valence electrons. The highest BCUT2D eigenvalue weighted by Crippen LogP contribution is 2.47. The molecular formula is C23H20N6O3S. The van der Waals surface area contributed by atoms with Gasteiger partial charge in [-0.1, -0.05) is 5.21 Å². The number of carbonyl (C=O) groups excluding carboxylic acids is 1. The predicted molar refractivity (Wildman–Crippen MR) is 120 cm³/mol. The van der Waals surface area contributed by atoms with E-state index < -0.39 is 6.10 Å². The van der Waals surface area contributed by atoms with Gasteiger partial charge in [0.05, 0.1) is 36.6 Å². The molecule has 0 saturated heterocycles. The van der Waals surface area contributed by atoms with Crippen LogP contribution in [0.15, 0.2) is 65.8 Å². The quantitative estimate of drug-likeness (QED) is 0.385. The number of hydrogen-bond acceptors (Lipinski definition) is 7. The Morgan fingerprint density at radius 1 is 1.27 bits per heavy atom. The van der Waals surface area contributed by atoms with E-state index in [1.807, 2.05) is 16.7 Å². The summed E-state index contributed by atoms with van der Waals surface area (Å²) in [5, 5.41) is 22.4. The van der Waals surface area contributed by atoms with Crippen molar-refractivity contribution in [3.63, 3.8) is 0 Å². The molecule has 2 N–H and O–H groups in total. The molecule has 5 aromatic rings. The summed E-state index contributed by atoms with van der Waals surface area (Å²) in [4.78, 5) is 18.8. The number of aromatic nitrogens is 5. The molecule has 4 aromatic heterocycles. The van der Waals surface area contributed by atoms with Crippen molar-refractivity contribution in [1.82, 2.24) is 29.7 Å². The lowest BCUT2D eigenvalue weighted by molar-refractivity contribution is 0.0948. The molecule has 6 rings (SSSR count). The van der Waals surface area contributed by atoms with Crippen LogP contribution in [0, 0.1) is 0 Å². The number of furan rings is 1. The van der Waals surface area contributed by atoms with Gasteiger partial charge in [-0.05, 0) is 55.2 Å². The molecular weight excluding hydrogens is 440 g/mol. The number of benzene rings is 1. The molecule has 1 aromatic carbocycles. The van der Waals surface area contributed by atoms with Crippen LogP contribution in [0.3, 0.4) is 0 Å². The van der Waals surface area contributed by atoms with Crippen LogP contribution >= 0.6 is 11.3 Å². The maximum absolute atomic E-state index is 12.4. The van der Waals surface area contributed by atoms with Gasteiger partial charge in [0.2, 0.25) is 0 Å². The number of aliphatic hydroxyl groups excluding tert-OH is 1. The smallest absolute Gasteiger partial charge is 0.251 e. The minimum Gasteiger partial charge on any atom is -0.467 e. The van der Waals surface area contributed by atoms with E-state index in [0.717, 1.165) is 29.1 Å². The molecule has 1 aliphatic rings. The van der Waals surface area contributed by atoms with Crippen molar-refractivity contribution in [3.05, 3.63) is 89.0 Å². The van der Waals surface area contributed by atoms with Gasteiger partial charge in [0.1, 0.15) is 28.7 Å². The van der Waals surface area contributed by atoms with Gasteiger partial charge < -0.3 is 14.8 Å². The zero-order valence-corrected chi connectivity index (χ0v) is 18.3. The average molecular weight is 461 g/mol. The maximum atomic E-state index is 12.4. The first-order valence-electron chi connectivity index (χ1n) is 10.6. The highest BCUT2D eigenvalue weighted by atomic mass is 32.1. The van der Waals surface area contributed by atoms with E-state index in [-0.39, 0.29) is 5.91 Å². The fourth-order valence-corrected chi connectivity index (χ4v) is 5.14. The zero-order valence-electron chi connectivity index (χ0n) is 17.5. The van der Waals surface area contributed by atoms with Gasteiger partial charge in [-0.15, -0.1) is 16.4 Å². The fourth-order valence-electron chi connectivity index (χ4n) is 3.84. The van der Waals surface area contributed by atoms with E-state index in [1.165, 1.54) is 4.88 Å². The summed E-state index contributed by atoms with van der Waals surface area (Å²) in [5.41, 5.74) is 2.56. The Balaban J connectivity index is 1.20. The van der Waals surface area contributed by atoms with Crippen LogP contribution in [0.2, 0.25) is 0 Å². The maximum Gasteiger partial charge on any atom is 0.251 e. The van der Waals surface area contributed by atoms with Gasteiger partial charge in [0.15, 0.2) is 0 Å². The molecule has 10 heteroatoms. The molecule has 0 aliphatic heterocycles. The summed E-state index contributed by atoms with van der Waals surface area (Å²) in [6.07, 6.45) is 8.22. The van der Waals surface area contributed by atoms with Crippen LogP contribution in [0.1, 0.15) is 57.2 Å². The first-order chi connectivity index (χ1) is 16.2. The van der Waals surface area contributed by atoms with Gasteiger partial charge in [0, 0.05) is 10.4 Å². The highest BCUT2D eigenvalue weighted by Gasteiger charge is 2.33. The monoisotopic (exact) mass is 460 g/mol. The number of imidazole rings is 1. The molecule has 1 amide bonds. The van der Waals surface area contributed by atoms with E-state index in [2.05, 4.69) is 20.6 Å². The normalized spacial score (nSPS) is 14.6. The Morgan fingerprint density at radius 3 is 2.88 bits per heavy atom. The average Bonchev–Trinajstić information content (AvgIpc) is 3.28. The number of aliphatic hydroxyl groups is 1. The second-order valence-corrected chi connectivity index (χ2v) is 9.09. The summed E-state index contributed by atoms with van der Waals surface area (Å²) >= 11 is 1.68. The fraction of sp³-hybridized carbons (Fsp3) is 0.217. The zero-order chi connectivity index (χ0) is 22.4. The first-order valence-corrected chi connectivity index (χ1v) is 11.4. The molecule has 1 aliphatic carbocycles. The third kappa shape index (κ3) is 3.73. The minimum absolute atomic E-state index is 0.193. The third-order valence-electron chi connectivity index (χ3n) is 5.73. The van der Waals surface area contributed by atoms with Crippen molar-refractivity contribution in [2.24, 2.45) is 0 Å². The molecule has 1 fully saturated rings. The van der Waals surface area contributed by atoms with E-state index in [9.17, 15) is 9.90 Å². The van der Waals surface area contributed by atoms with Crippen LogP contribution < -0.4 is 5.32 Å². The molecule has 0 bridgehead atoms. The van der Waals surface area contributed by atoms with E-state index in [1.54, 1.807) is 65.1 Å². The van der Waals surface area contributed by atoms with Crippen LogP contribution in [-0.2, 0) is 6.54 Å². The lowest BCUT2D eigenvalue weighted by Gasteiger charge is -2.09. The summed E-state index contributed by atoms with van der Waals surface area (Å²) in [6, 6.07) is 10.6. The van der Waals surface area contributed by atoms with Crippen molar-refractivity contribution in [2.75, 3.05) is 0 Å². The van der Waals surface area contributed by atoms with Gasteiger partial charge in [-0.2, -0.15) is 0 Å². The summed E-state index contributed by atoms with van der Waals surface area (Å²) in [6.45, 7) is 0.327. The number of rotatable bonds is 7. The summed E-state index contributed by atoms with van der Waals surface area (Å²) in [5.74, 6) is 1.00. The summed E-state index contributed by atoms with van der Waals surface area (Å²) < 4.78 is 8.77. The molecule has 1 atom stereocenters. The molecule has 0 radical (unpaired) electrons. The molecule has 33 heavy (non-hydrogen) atoms. The predicted octanol–water partition coefficient (Wildman–Crippen LogP) is 3.46. The van der Waals surface area contributed by atoms with Crippen LogP contribution in [-0.4, -0.2) is 35.4 Å². The SMILES string of the molecule is O=C(NCc1ccco1)c1ccc(-n2cc(C(O)c3c(C4CC4)sc4cncn34)nn2)cc1. The van der Waals surface area contributed by atoms with Crippen molar-refractivity contribution in [2.45, 2.75) is 31.4 Å².